The van der Waals surface area contributed by atoms with Crippen LogP contribution in [0.4, 0.5) is 0 Å². The van der Waals surface area contributed by atoms with Crippen LogP contribution in [0.25, 0.3) is 11.1 Å². The smallest absolute Gasteiger partial charge is 0.238 e. The Balaban J connectivity index is 1.60. The van der Waals surface area contributed by atoms with Crippen LogP contribution >= 0.6 is 0 Å². The zero-order valence-corrected chi connectivity index (χ0v) is 12.5. The van der Waals surface area contributed by atoms with Crippen LogP contribution in [0.1, 0.15) is 31.0 Å². The monoisotopic (exact) mass is 292 g/mol. The molecular formula is C19H20N2O. The van der Waals surface area contributed by atoms with Gasteiger partial charge in [0.05, 0.1) is 6.04 Å². The Labute approximate surface area is 131 Å². The van der Waals surface area contributed by atoms with Gasteiger partial charge in [-0.2, -0.15) is 0 Å². The molecule has 2 aromatic carbocycles. The third-order valence-electron chi connectivity index (χ3n) is 4.79. The molecule has 0 bridgehead atoms. The summed E-state index contributed by atoms with van der Waals surface area (Å²) in [6.45, 7) is 1.01. The van der Waals surface area contributed by atoms with Gasteiger partial charge in [-0.05, 0) is 29.5 Å². The molecule has 112 valence electrons. The van der Waals surface area contributed by atoms with Gasteiger partial charge in [0.2, 0.25) is 5.91 Å². The standard InChI is InChI=1S/C19H20N2O/c22-19-17-8-4-5-13-21(17)18(20-19)16-11-9-15(10-12-16)14-6-2-1-3-7-14/h1-3,6-7,9-12,17-18H,4-5,8,13H2,(H,20,22). The summed E-state index contributed by atoms with van der Waals surface area (Å²) in [4.78, 5) is 14.5. The molecule has 3 heteroatoms. The fraction of sp³-hybridized carbons (Fsp3) is 0.316. The molecular weight excluding hydrogens is 272 g/mol. The van der Waals surface area contributed by atoms with Crippen molar-refractivity contribution in [3.8, 4) is 11.1 Å². The molecule has 3 nitrogen and oxygen atoms in total. The molecule has 2 aliphatic rings. The van der Waals surface area contributed by atoms with Crippen LogP contribution < -0.4 is 5.32 Å². The van der Waals surface area contributed by atoms with Crippen molar-refractivity contribution in [1.82, 2.24) is 10.2 Å². The molecule has 2 heterocycles. The Kier molecular flexibility index (Phi) is 3.43. The molecule has 2 aromatic rings. The third kappa shape index (κ3) is 2.32. The van der Waals surface area contributed by atoms with Gasteiger partial charge in [-0.15, -0.1) is 0 Å². The predicted octanol–water partition coefficient (Wildman–Crippen LogP) is 3.34. The van der Waals surface area contributed by atoms with Crippen LogP contribution in [0.5, 0.6) is 0 Å². The van der Waals surface area contributed by atoms with Crippen molar-refractivity contribution >= 4 is 5.91 Å². The van der Waals surface area contributed by atoms with Crippen LogP contribution in [0.2, 0.25) is 0 Å². The molecule has 0 spiro atoms. The second kappa shape index (κ2) is 5.58. The number of amides is 1. The lowest BCUT2D eigenvalue weighted by Crippen LogP contribution is -2.38. The molecule has 2 unspecified atom stereocenters. The third-order valence-corrected chi connectivity index (χ3v) is 4.79. The number of hydrogen-bond acceptors (Lipinski definition) is 2. The molecule has 0 aliphatic carbocycles. The van der Waals surface area contributed by atoms with Crippen molar-refractivity contribution < 1.29 is 4.79 Å². The first kappa shape index (κ1) is 13.5. The van der Waals surface area contributed by atoms with E-state index in [1.165, 1.54) is 23.1 Å². The molecule has 0 saturated carbocycles. The molecule has 1 N–H and O–H groups in total. The lowest BCUT2D eigenvalue weighted by Gasteiger charge is -2.31. The van der Waals surface area contributed by atoms with E-state index in [0.717, 1.165) is 19.4 Å². The predicted molar refractivity (Wildman–Crippen MR) is 87.1 cm³/mol. The lowest BCUT2D eigenvalue weighted by atomic mass is 10.0. The molecule has 2 fully saturated rings. The molecule has 2 saturated heterocycles. The van der Waals surface area contributed by atoms with E-state index in [2.05, 4.69) is 58.7 Å². The zero-order chi connectivity index (χ0) is 14.9. The average Bonchev–Trinajstić information content (AvgIpc) is 2.93. The van der Waals surface area contributed by atoms with E-state index in [1.807, 2.05) is 6.07 Å². The van der Waals surface area contributed by atoms with Gasteiger partial charge in [0.25, 0.3) is 0 Å². The first-order valence-corrected chi connectivity index (χ1v) is 8.04. The van der Waals surface area contributed by atoms with Crippen molar-refractivity contribution in [3.05, 3.63) is 60.2 Å². The maximum absolute atomic E-state index is 12.1. The van der Waals surface area contributed by atoms with Crippen molar-refractivity contribution in [2.75, 3.05) is 6.54 Å². The minimum absolute atomic E-state index is 0.0441. The van der Waals surface area contributed by atoms with Gasteiger partial charge in [-0.25, -0.2) is 0 Å². The van der Waals surface area contributed by atoms with Gasteiger partial charge < -0.3 is 5.32 Å². The number of rotatable bonds is 2. The van der Waals surface area contributed by atoms with Gasteiger partial charge >= 0.3 is 0 Å². The Morgan fingerprint density at radius 1 is 0.909 bits per heavy atom. The van der Waals surface area contributed by atoms with E-state index in [1.54, 1.807) is 0 Å². The summed E-state index contributed by atoms with van der Waals surface area (Å²) < 4.78 is 0. The summed E-state index contributed by atoms with van der Waals surface area (Å²) in [6, 6.07) is 19.0. The molecule has 22 heavy (non-hydrogen) atoms. The van der Waals surface area contributed by atoms with Gasteiger partial charge in [-0.3, -0.25) is 9.69 Å². The van der Waals surface area contributed by atoms with Crippen LogP contribution in [-0.4, -0.2) is 23.4 Å². The van der Waals surface area contributed by atoms with Crippen molar-refractivity contribution in [2.24, 2.45) is 0 Å². The number of benzene rings is 2. The topological polar surface area (TPSA) is 32.3 Å². The van der Waals surface area contributed by atoms with Gasteiger partial charge in [-0.1, -0.05) is 61.0 Å². The lowest BCUT2D eigenvalue weighted by molar-refractivity contribution is -0.122. The Morgan fingerprint density at radius 3 is 2.41 bits per heavy atom. The van der Waals surface area contributed by atoms with Crippen molar-refractivity contribution in [3.63, 3.8) is 0 Å². The zero-order valence-electron chi connectivity index (χ0n) is 12.5. The maximum Gasteiger partial charge on any atom is 0.238 e. The molecule has 0 aromatic heterocycles. The molecule has 2 aliphatic heterocycles. The minimum atomic E-state index is 0.0441. The van der Waals surface area contributed by atoms with E-state index < -0.39 is 0 Å². The summed E-state index contributed by atoms with van der Waals surface area (Å²) >= 11 is 0. The average molecular weight is 292 g/mol. The highest BCUT2D eigenvalue weighted by atomic mass is 16.2. The summed E-state index contributed by atoms with van der Waals surface area (Å²) in [7, 11) is 0. The SMILES string of the molecule is O=C1NC(c2ccc(-c3ccccc3)cc2)N2CCCCC12. The van der Waals surface area contributed by atoms with Gasteiger partial charge in [0.1, 0.15) is 6.17 Å². The van der Waals surface area contributed by atoms with Crippen LogP contribution in [0.3, 0.4) is 0 Å². The quantitative estimate of drug-likeness (QED) is 0.920. The highest BCUT2D eigenvalue weighted by molar-refractivity contribution is 5.84. The number of carbonyl (C=O) groups is 1. The summed E-state index contributed by atoms with van der Waals surface area (Å²) in [6.07, 6.45) is 3.38. The molecule has 1 amide bonds. The second-order valence-corrected chi connectivity index (χ2v) is 6.15. The van der Waals surface area contributed by atoms with Crippen molar-refractivity contribution in [1.29, 1.82) is 0 Å². The molecule has 2 atom stereocenters. The largest absolute Gasteiger partial charge is 0.335 e. The van der Waals surface area contributed by atoms with E-state index >= 15 is 0 Å². The summed E-state index contributed by atoms with van der Waals surface area (Å²) in [5.74, 6) is 0.192. The number of nitrogens with one attached hydrogen (secondary N) is 1. The fourth-order valence-corrected chi connectivity index (χ4v) is 3.62. The number of fused-ring (bicyclic) bond motifs is 1. The fourth-order valence-electron chi connectivity index (χ4n) is 3.62. The van der Waals surface area contributed by atoms with Crippen molar-refractivity contribution in [2.45, 2.75) is 31.5 Å². The maximum atomic E-state index is 12.1. The van der Waals surface area contributed by atoms with Crippen LogP contribution in [0, 0.1) is 0 Å². The minimum Gasteiger partial charge on any atom is -0.335 e. The van der Waals surface area contributed by atoms with E-state index in [-0.39, 0.29) is 18.1 Å². The van der Waals surface area contributed by atoms with Gasteiger partial charge in [0, 0.05) is 6.54 Å². The summed E-state index contributed by atoms with van der Waals surface area (Å²) in [5, 5.41) is 3.16. The van der Waals surface area contributed by atoms with E-state index in [9.17, 15) is 4.79 Å². The second-order valence-electron chi connectivity index (χ2n) is 6.15. The van der Waals surface area contributed by atoms with E-state index in [0.29, 0.717) is 0 Å². The molecule has 4 rings (SSSR count). The Morgan fingerprint density at radius 2 is 1.64 bits per heavy atom. The summed E-state index contributed by atoms with van der Waals surface area (Å²) in [5.41, 5.74) is 3.61. The number of nitrogens with zero attached hydrogens (tertiary/aromatic N) is 1. The highest BCUT2D eigenvalue weighted by Crippen LogP contribution is 2.32. The Bertz CT molecular complexity index is 666. The number of piperidine rings is 1. The van der Waals surface area contributed by atoms with Crippen LogP contribution in [0.15, 0.2) is 54.6 Å². The molecule has 0 radical (unpaired) electrons. The number of hydrogen-bond donors (Lipinski definition) is 1. The normalized spacial score (nSPS) is 24.8. The number of carbonyl (C=O) groups excluding carboxylic acids is 1. The highest BCUT2D eigenvalue weighted by Gasteiger charge is 2.41. The Hall–Kier alpha value is -2.13. The van der Waals surface area contributed by atoms with Crippen LogP contribution in [-0.2, 0) is 4.79 Å². The first-order chi connectivity index (χ1) is 10.8. The van der Waals surface area contributed by atoms with Gasteiger partial charge in [0.15, 0.2) is 0 Å². The van der Waals surface area contributed by atoms with E-state index in [4.69, 9.17) is 0 Å². The first-order valence-electron chi connectivity index (χ1n) is 8.04.